The molecule has 2 aromatic rings. The number of benzene rings is 1. The predicted octanol–water partition coefficient (Wildman–Crippen LogP) is 3.00. The minimum atomic E-state index is -0.712. The number of nitrogens with one attached hydrogen (secondary N) is 2. The molecule has 0 fully saturated rings. The lowest BCUT2D eigenvalue weighted by Crippen LogP contribution is -2.28. The minimum absolute atomic E-state index is 0. The van der Waals surface area contributed by atoms with Gasteiger partial charge in [0.05, 0.1) is 5.56 Å². The Morgan fingerprint density at radius 1 is 1.21 bits per heavy atom. The van der Waals surface area contributed by atoms with Gasteiger partial charge in [0.15, 0.2) is 0 Å². The Hall–Kier alpha value is -2.05. The number of halogens is 3. The van der Waals surface area contributed by atoms with Gasteiger partial charge in [-0.25, -0.2) is 8.78 Å². The third-order valence-electron chi connectivity index (χ3n) is 3.36. The number of carbonyl (C=O) groups excluding carboxylic acids is 1. The zero-order valence-electron chi connectivity index (χ0n) is 13.3. The van der Waals surface area contributed by atoms with Crippen molar-refractivity contribution in [2.75, 3.05) is 13.1 Å². The lowest BCUT2D eigenvalue weighted by atomic mass is 10.1. The monoisotopic (exact) mass is 355 g/mol. The zero-order valence-corrected chi connectivity index (χ0v) is 14.1. The number of aryl methyl sites for hydroxylation is 1. The van der Waals surface area contributed by atoms with E-state index in [9.17, 15) is 13.6 Å². The summed E-state index contributed by atoms with van der Waals surface area (Å²) in [4.78, 5) is 15.9. The molecule has 1 aromatic heterocycles. The highest BCUT2D eigenvalue weighted by atomic mass is 35.5. The first-order chi connectivity index (χ1) is 11.1. The average molecular weight is 356 g/mol. The fourth-order valence-electron chi connectivity index (χ4n) is 2.07. The van der Waals surface area contributed by atoms with Crippen LogP contribution in [0.5, 0.6) is 0 Å². The molecule has 1 heterocycles. The number of hydrogen-bond donors (Lipinski definition) is 2. The Morgan fingerprint density at radius 3 is 2.71 bits per heavy atom. The van der Waals surface area contributed by atoms with E-state index in [2.05, 4.69) is 15.6 Å². The highest BCUT2D eigenvalue weighted by Gasteiger charge is 2.14. The summed E-state index contributed by atoms with van der Waals surface area (Å²) in [7, 11) is 0. The summed E-state index contributed by atoms with van der Waals surface area (Å²) >= 11 is 0. The largest absolute Gasteiger partial charge is 0.352 e. The van der Waals surface area contributed by atoms with E-state index < -0.39 is 17.5 Å². The van der Waals surface area contributed by atoms with E-state index in [1.54, 1.807) is 12.4 Å². The second-order valence-electron chi connectivity index (χ2n) is 5.23. The standard InChI is InChI=1S/C17H19F2N3O.ClH/c1-12-8-16(19)14(9-15(12)18)17(23)22-7-3-6-21-11-13-4-2-5-20-10-13;/h2,4-5,8-10,21H,3,6-7,11H2,1H3,(H,22,23);1H. The van der Waals surface area contributed by atoms with Crippen molar-refractivity contribution >= 4 is 18.3 Å². The van der Waals surface area contributed by atoms with E-state index in [4.69, 9.17) is 0 Å². The Bertz CT molecular complexity index is 668. The van der Waals surface area contributed by atoms with E-state index in [-0.39, 0.29) is 23.5 Å². The lowest BCUT2D eigenvalue weighted by Gasteiger charge is -2.08. The predicted molar refractivity (Wildman–Crippen MR) is 91.2 cm³/mol. The van der Waals surface area contributed by atoms with E-state index in [0.29, 0.717) is 26.1 Å². The average Bonchev–Trinajstić information content (AvgIpc) is 2.55. The number of hydrogen-bond acceptors (Lipinski definition) is 3. The van der Waals surface area contributed by atoms with Crippen LogP contribution in [0.3, 0.4) is 0 Å². The highest BCUT2D eigenvalue weighted by molar-refractivity contribution is 5.94. The first kappa shape index (κ1) is 20.0. The van der Waals surface area contributed by atoms with Crippen LogP contribution in [0, 0.1) is 18.6 Å². The molecule has 0 aliphatic rings. The Morgan fingerprint density at radius 2 is 2.00 bits per heavy atom. The fraction of sp³-hybridized carbons (Fsp3) is 0.294. The molecule has 2 rings (SSSR count). The second-order valence-corrected chi connectivity index (χ2v) is 5.23. The molecular formula is C17H20ClF2N3O. The number of nitrogens with zero attached hydrogens (tertiary/aromatic N) is 1. The fourth-order valence-corrected chi connectivity index (χ4v) is 2.07. The van der Waals surface area contributed by atoms with Gasteiger partial charge in [-0.2, -0.15) is 0 Å². The zero-order chi connectivity index (χ0) is 16.7. The minimum Gasteiger partial charge on any atom is -0.352 e. The summed E-state index contributed by atoms with van der Waals surface area (Å²) in [6.07, 6.45) is 4.18. The van der Waals surface area contributed by atoms with Crippen LogP contribution in [0.1, 0.15) is 27.9 Å². The number of amides is 1. The van der Waals surface area contributed by atoms with Crippen LogP contribution in [-0.2, 0) is 6.54 Å². The van der Waals surface area contributed by atoms with Gasteiger partial charge < -0.3 is 10.6 Å². The number of aromatic nitrogens is 1. The van der Waals surface area contributed by atoms with Gasteiger partial charge >= 0.3 is 0 Å². The van der Waals surface area contributed by atoms with Gasteiger partial charge in [-0.3, -0.25) is 9.78 Å². The van der Waals surface area contributed by atoms with Crippen molar-refractivity contribution < 1.29 is 13.6 Å². The van der Waals surface area contributed by atoms with Gasteiger partial charge in [0.25, 0.3) is 5.91 Å². The van der Waals surface area contributed by atoms with Gasteiger partial charge in [-0.15, -0.1) is 12.4 Å². The molecule has 0 atom stereocenters. The maximum absolute atomic E-state index is 13.7. The molecule has 1 amide bonds. The highest BCUT2D eigenvalue weighted by Crippen LogP contribution is 2.13. The molecule has 1 aromatic carbocycles. The number of carbonyl (C=O) groups is 1. The van der Waals surface area contributed by atoms with Crippen molar-refractivity contribution in [2.45, 2.75) is 19.9 Å². The second kappa shape index (κ2) is 9.95. The topological polar surface area (TPSA) is 54.0 Å². The Kier molecular flexibility index (Phi) is 8.29. The van der Waals surface area contributed by atoms with Crippen molar-refractivity contribution in [1.82, 2.24) is 15.6 Å². The summed E-state index contributed by atoms with van der Waals surface area (Å²) in [6, 6.07) is 5.79. The van der Waals surface area contributed by atoms with E-state index in [1.165, 1.54) is 6.92 Å². The third-order valence-corrected chi connectivity index (χ3v) is 3.36. The number of pyridine rings is 1. The lowest BCUT2D eigenvalue weighted by molar-refractivity contribution is 0.0948. The van der Waals surface area contributed by atoms with E-state index in [1.807, 2.05) is 12.1 Å². The smallest absolute Gasteiger partial charge is 0.254 e. The van der Waals surface area contributed by atoms with Crippen molar-refractivity contribution in [2.24, 2.45) is 0 Å². The van der Waals surface area contributed by atoms with Gasteiger partial charge in [0.1, 0.15) is 11.6 Å². The molecule has 0 saturated carbocycles. The summed E-state index contributed by atoms with van der Waals surface area (Å²) in [5.41, 5.74) is 0.990. The van der Waals surface area contributed by atoms with Crippen LogP contribution in [-0.4, -0.2) is 24.0 Å². The van der Waals surface area contributed by atoms with Crippen LogP contribution < -0.4 is 10.6 Å². The van der Waals surface area contributed by atoms with Gasteiger partial charge in [-0.1, -0.05) is 6.07 Å². The van der Waals surface area contributed by atoms with Crippen LogP contribution >= 0.6 is 12.4 Å². The molecule has 7 heteroatoms. The van der Waals surface area contributed by atoms with Crippen molar-refractivity contribution in [3.05, 3.63) is 65.0 Å². The molecule has 0 radical (unpaired) electrons. The quantitative estimate of drug-likeness (QED) is 0.751. The molecule has 130 valence electrons. The first-order valence-corrected chi connectivity index (χ1v) is 7.41. The molecule has 24 heavy (non-hydrogen) atoms. The summed E-state index contributed by atoms with van der Waals surface area (Å²) in [5.74, 6) is -1.90. The van der Waals surface area contributed by atoms with Crippen molar-refractivity contribution in [3.63, 3.8) is 0 Å². The molecular weight excluding hydrogens is 336 g/mol. The van der Waals surface area contributed by atoms with Crippen LogP contribution in [0.2, 0.25) is 0 Å². The maximum atomic E-state index is 13.7. The third kappa shape index (κ3) is 5.86. The maximum Gasteiger partial charge on any atom is 0.254 e. The molecule has 0 spiro atoms. The van der Waals surface area contributed by atoms with Gasteiger partial charge in [0.2, 0.25) is 0 Å². The summed E-state index contributed by atoms with van der Waals surface area (Å²) in [6.45, 7) is 3.22. The molecule has 0 aliphatic carbocycles. The summed E-state index contributed by atoms with van der Waals surface area (Å²) < 4.78 is 27.1. The molecule has 2 N–H and O–H groups in total. The SMILES string of the molecule is Cc1cc(F)c(C(=O)NCCCNCc2cccnc2)cc1F.Cl. The van der Waals surface area contributed by atoms with Crippen molar-refractivity contribution in [1.29, 1.82) is 0 Å². The van der Waals surface area contributed by atoms with Gasteiger partial charge in [-0.05, 0) is 49.2 Å². The molecule has 0 aliphatic heterocycles. The molecule has 0 unspecified atom stereocenters. The van der Waals surface area contributed by atoms with Gasteiger partial charge in [0, 0.05) is 25.5 Å². The Labute approximate surface area is 146 Å². The molecule has 0 saturated heterocycles. The van der Waals surface area contributed by atoms with Crippen LogP contribution in [0.15, 0.2) is 36.7 Å². The molecule has 4 nitrogen and oxygen atoms in total. The summed E-state index contributed by atoms with van der Waals surface area (Å²) in [5, 5.41) is 5.80. The van der Waals surface area contributed by atoms with Crippen LogP contribution in [0.4, 0.5) is 8.78 Å². The van der Waals surface area contributed by atoms with E-state index in [0.717, 1.165) is 17.7 Å². The van der Waals surface area contributed by atoms with E-state index >= 15 is 0 Å². The van der Waals surface area contributed by atoms with Crippen molar-refractivity contribution in [3.8, 4) is 0 Å². The molecule has 0 bridgehead atoms. The normalized spacial score (nSPS) is 10.1. The number of rotatable bonds is 7. The Balaban J connectivity index is 0.00000288. The van der Waals surface area contributed by atoms with Crippen LogP contribution in [0.25, 0.3) is 0 Å². The first-order valence-electron chi connectivity index (χ1n) is 7.41.